The van der Waals surface area contributed by atoms with Gasteiger partial charge in [0.05, 0.1) is 22.5 Å². The second-order valence-corrected chi connectivity index (χ2v) is 5.64. The molecule has 0 saturated carbocycles. The van der Waals surface area contributed by atoms with Crippen LogP contribution in [0.4, 0.5) is 4.39 Å². The number of carbonyl (C=O) groups is 1. The number of rotatable bonds is 5. The van der Waals surface area contributed by atoms with Gasteiger partial charge < -0.3 is 5.32 Å². The number of hydrogen-bond donors (Lipinski definition) is 1. The summed E-state index contributed by atoms with van der Waals surface area (Å²) in [7, 11) is 0. The highest BCUT2D eigenvalue weighted by atomic mass is 35.5. The van der Waals surface area contributed by atoms with Crippen LogP contribution in [-0.2, 0) is 6.42 Å². The summed E-state index contributed by atoms with van der Waals surface area (Å²) in [6.45, 7) is 0.365. The number of nitrogens with one attached hydrogen (secondary N) is 1. The fraction of sp³-hybridized carbons (Fsp3) is 0.111. The normalized spacial score (nSPS) is 10.6. The van der Waals surface area contributed by atoms with E-state index in [-0.39, 0.29) is 10.6 Å². The van der Waals surface area contributed by atoms with E-state index in [4.69, 9.17) is 11.6 Å². The fourth-order valence-corrected chi connectivity index (χ4v) is 2.58. The zero-order chi connectivity index (χ0) is 16.9. The average molecular weight is 344 g/mol. The van der Waals surface area contributed by atoms with Crippen LogP contribution < -0.4 is 5.32 Å². The first-order valence-electron chi connectivity index (χ1n) is 7.46. The maximum absolute atomic E-state index is 13.7. The van der Waals surface area contributed by atoms with Crippen LogP contribution in [0.15, 0.2) is 60.9 Å². The van der Waals surface area contributed by atoms with Gasteiger partial charge in [0.15, 0.2) is 0 Å². The lowest BCUT2D eigenvalue weighted by Crippen LogP contribution is -2.26. The van der Waals surface area contributed by atoms with Crippen LogP contribution in [0.5, 0.6) is 0 Å². The van der Waals surface area contributed by atoms with Gasteiger partial charge >= 0.3 is 0 Å². The van der Waals surface area contributed by atoms with E-state index in [1.165, 1.54) is 18.2 Å². The van der Waals surface area contributed by atoms with E-state index in [1.54, 1.807) is 10.9 Å². The van der Waals surface area contributed by atoms with Crippen molar-refractivity contribution >= 4 is 17.5 Å². The molecule has 0 aliphatic heterocycles. The number of carbonyl (C=O) groups excluding carboxylic acids is 1. The van der Waals surface area contributed by atoms with Crippen LogP contribution in [0.1, 0.15) is 15.9 Å². The summed E-state index contributed by atoms with van der Waals surface area (Å²) >= 11 is 5.88. The smallest absolute Gasteiger partial charge is 0.255 e. The maximum Gasteiger partial charge on any atom is 0.255 e. The van der Waals surface area contributed by atoms with Crippen molar-refractivity contribution in [2.75, 3.05) is 6.54 Å². The number of hydrogen-bond acceptors (Lipinski definition) is 2. The molecule has 0 bridgehead atoms. The van der Waals surface area contributed by atoms with Crippen molar-refractivity contribution in [2.24, 2.45) is 0 Å². The highest BCUT2D eigenvalue weighted by Crippen LogP contribution is 2.18. The van der Waals surface area contributed by atoms with Gasteiger partial charge in [-0.3, -0.25) is 4.79 Å². The number of halogens is 2. The van der Waals surface area contributed by atoms with Gasteiger partial charge in [0.2, 0.25) is 0 Å². The summed E-state index contributed by atoms with van der Waals surface area (Å²) < 4.78 is 15.5. The van der Waals surface area contributed by atoms with E-state index in [2.05, 4.69) is 10.4 Å². The van der Waals surface area contributed by atoms with Crippen LogP contribution in [0, 0.1) is 5.82 Å². The Kier molecular flexibility index (Phi) is 4.91. The Morgan fingerprint density at radius 3 is 2.71 bits per heavy atom. The molecule has 0 radical (unpaired) electrons. The SMILES string of the molecule is O=C(NCCc1cnn(-c2ccccc2)c1)c1c(F)cccc1Cl. The van der Waals surface area contributed by atoms with Crippen molar-refractivity contribution in [2.45, 2.75) is 6.42 Å². The highest BCUT2D eigenvalue weighted by Gasteiger charge is 2.15. The fourth-order valence-electron chi connectivity index (χ4n) is 2.33. The largest absolute Gasteiger partial charge is 0.352 e. The van der Waals surface area contributed by atoms with Gasteiger partial charge in [0.1, 0.15) is 5.82 Å². The van der Waals surface area contributed by atoms with E-state index in [1.807, 2.05) is 36.5 Å². The molecule has 0 spiro atoms. The molecule has 0 fully saturated rings. The van der Waals surface area contributed by atoms with Crippen molar-refractivity contribution in [1.29, 1.82) is 0 Å². The summed E-state index contributed by atoms with van der Waals surface area (Å²) in [4.78, 5) is 12.0. The molecule has 1 heterocycles. The molecular weight excluding hydrogens is 329 g/mol. The summed E-state index contributed by atoms with van der Waals surface area (Å²) in [6.07, 6.45) is 4.23. The Bertz CT molecular complexity index is 828. The van der Waals surface area contributed by atoms with Crippen LogP contribution in [0.2, 0.25) is 5.02 Å². The Labute approximate surface area is 143 Å². The molecule has 24 heavy (non-hydrogen) atoms. The van der Waals surface area contributed by atoms with Crippen molar-refractivity contribution in [3.8, 4) is 5.69 Å². The minimum Gasteiger partial charge on any atom is -0.352 e. The first-order valence-corrected chi connectivity index (χ1v) is 7.84. The third kappa shape index (κ3) is 3.63. The molecule has 1 amide bonds. The van der Waals surface area contributed by atoms with Gasteiger partial charge in [0.25, 0.3) is 5.91 Å². The van der Waals surface area contributed by atoms with Gasteiger partial charge in [-0.05, 0) is 36.2 Å². The molecule has 122 valence electrons. The molecule has 0 aliphatic carbocycles. The quantitative estimate of drug-likeness (QED) is 0.769. The summed E-state index contributed by atoms with van der Waals surface area (Å²) in [5.74, 6) is -1.15. The lowest BCUT2D eigenvalue weighted by Gasteiger charge is -2.07. The second-order valence-electron chi connectivity index (χ2n) is 5.23. The van der Waals surface area contributed by atoms with Crippen LogP contribution in [0.25, 0.3) is 5.69 Å². The third-order valence-electron chi connectivity index (χ3n) is 3.55. The van der Waals surface area contributed by atoms with Gasteiger partial charge in [-0.25, -0.2) is 9.07 Å². The Hall–Kier alpha value is -2.66. The molecule has 0 saturated heterocycles. The standard InChI is InChI=1S/C18H15ClFN3O/c19-15-7-4-8-16(20)17(15)18(24)21-10-9-13-11-22-23(12-13)14-5-2-1-3-6-14/h1-8,11-12H,9-10H2,(H,21,24). The molecule has 0 atom stereocenters. The third-order valence-corrected chi connectivity index (χ3v) is 3.86. The average Bonchev–Trinajstić information content (AvgIpc) is 3.04. The van der Waals surface area contributed by atoms with Gasteiger partial charge in [0, 0.05) is 12.7 Å². The summed E-state index contributed by atoms with van der Waals surface area (Å²) in [5.41, 5.74) is 1.81. The zero-order valence-electron chi connectivity index (χ0n) is 12.7. The van der Waals surface area contributed by atoms with E-state index in [0.29, 0.717) is 13.0 Å². The molecule has 1 aromatic heterocycles. The molecule has 0 unspecified atom stereocenters. The molecule has 4 nitrogen and oxygen atoms in total. The lowest BCUT2D eigenvalue weighted by atomic mass is 10.2. The van der Waals surface area contributed by atoms with Crippen LogP contribution in [-0.4, -0.2) is 22.2 Å². The molecular formula is C18H15ClFN3O. The number of amides is 1. The predicted octanol–water partition coefficient (Wildman–Crippen LogP) is 3.64. The second kappa shape index (κ2) is 7.27. The molecule has 1 N–H and O–H groups in total. The number of nitrogens with zero attached hydrogens (tertiary/aromatic N) is 2. The monoisotopic (exact) mass is 343 g/mol. The molecule has 3 aromatic rings. The Morgan fingerprint density at radius 1 is 1.17 bits per heavy atom. The zero-order valence-corrected chi connectivity index (χ0v) is 13.5. The lowest BCUT2D eigenvalue weighted by molar-refractivity contribution is 0.0950. The van der Waals surface area contributed by atoms with Crippen LogP contribution in [0.3, 0.4) is 0 Å². The number of benzene rings is 2. The number of aromatic nitrogens is 2. The topological polar surface area (TPSA) is 46.9 Å². The number of para-hydroxylation sites is 1. The molecule has 6 heteroatoms. The minimum absolute atomic E-state index is 0.101. The van der Waals surface area contributed by atoms with Crippen molar-refractivity contribution < 1.29 is 9.18 Å². The molecule has 3 rings (SSSR count). The van der Waals surface area contributed by atoms with E-state index < -0.39 is 11.7 Å². The van der Waals surface area contributed by atoms with E-state index >= 15 is 0 Å². The van der Waals surface area contributed by atoms with Crippen molar-refractivity contribution in [3.63, 3.8) is 0 Å². The highest BCUT2D eigenvalue weighted by molar-refractivity contribution is 6.33. The first-order chi connectivity index (χ1) is 11.6. The van der Waals surface area contributed by atoms with Crippen LogP contribution >= 0.6 is 11.6 Å². The molecule has 2 aromatic carbocycles. The van der Waals surface area contributed by atoms with E-state index in [9.17, 15) is 9.18 Å². The summed E-state index contributed by atoms with van der Waals surface area (Å²) in [5, 5.41) is 7.07. The van der Waals surface area contributed by atoms with Crippen molar-refractivity contribution in [1.82, 2.24) is 15.1 Å². The maximum atomic E-state index is 13.7. The van der Waals surface area contributed by atoms with Gasteiger partial charge in [-0.1, -0.05) is 35.9 Å². The Balaban J connectivity index is 1.59. The predicted molar refractivity (Wildman–Crippen MR) is 91.0 cm³/mol. The van der Waals surface area contributed by atoms with Gasteiger partial charge in [-0.15, -0.1) is 0 Å². The minimum atomic E-state index is -0.628. The first kappa shape index (κ1) is 16.2. The van der Waals surface area contributed by atoms with Gasteiger partial charge in [-0.2, -0.15) is 5.10 Å². The molecule has 0 aliphatic rings. The Morgan fingerprint density at radius 2 is 1.96 bits per heavy atom. The van der Waals surface area contributed by atoms with E-state index in [0.717, 1.165) is 11.3 Å². The van der Waals surface area contributed by atoms with Crippen molar-refractivity contribution in [3.05, 3.63) is 82.9 Å². The summed E-state index contributed by atoms with van der Waals surface area (Å²) in [6, 6.07) is 13.9.